The number of amides is 1. The molecule has 0 radical (unpaired) electrons. The average Bonchev–Trinajstić information content (AvgIpc) is 3.21. The van der Waals surface area contributed by atoms with Crippen LogP contribution in [0.25, 0.3) is 0 Å². The summed E-state index contributed by atoms with van der Waals surface area (Å²) in [6.07, 6.45) is 2.39. The Labute approximate surface area is 122 Å². The summed E-state index contributed by atoms with van der Waals surface area (Å²) in [4.78, 5) is 23.0. The molecular weight excluding hydrogens is 296 g/mol. The molecule has 7 nitrogen and oxygen atoms in total. The third-order valence-electron chi connectivity index (χ3n) is 3.31. The molecule has 1 fully saturated rings. The SMILES string of the molecule is NS(=O)(=O)c1ccc(C(=O)NC(CC2CC2)C(=O)O)cc1. The number of rotatable bonds is 6. The maximum absolute atomic E-state index is 12.0. The molecule has 21 heavy (non-hydrogen) atoms. The number of carboxylic acid groups (broad SMARTS) is 1. The first-order chi connectivity index (χ1) is 9.77. The van der Waals surface area contributed by atoms with Crippen LogP contribution in [0.3, 0.4) is 0 Å². The summed E-state index contributed by atoms with van der Waals surface area (Å²) in [6, 6.07) is 4.08. The summed E-state index contributed by atoms with van der Waals surface area (Å²) < 4.78 is 22.2. The number of hydrogen-bond acceptors (Lipinski definition) is 4. The van der Waals surface area contributed by atoms with Crippen molar-refractivity contribution >= 4 is 21.9 Å². The van der Waals surface area contributed by atoms with E-state index in [1.54, 1.807) is 0 Å². The van der Waals surface area contributed by atoms with E-state index < -0.39 is 27.9 Å². The van der Waals surface area contributed by atoms with E-state index in [-0.39, 0.29) is 10.5 Å². The molecule has 2 rings (SSSR count). The van der Waals surface area contributed by atoms with E-state index in [0.29, 0.717) is 12.3 Å². The van der Waals surface area contributed by atoms with Crippen LogP contribution in [0.15, 0.2) is 29.2 Å². The second-order valence-corrected chi connectivity index (χ2v) is 6.67. The van der Waals surface area contributed by atoms with Crippen molar-refractivity contribution < 1.29 is 23.1 Å². The number of carboxylic acids is 1. The molecule has 0 saturated heterocycles. The molecule has 4 N–H and O–H groups in total. The van der Waals surface area contributed by atoms with Crippen molar-refractivity contribution in [1.29, 1.82) is 0 Å². The van der Waals surface area contributed by atoms with E-state index >= 15 is 0 Å². The molecule has 1 aliphatic carbocycles. The number of nitrogens with two attached hydrogens (primary N) is 1. The fraction of sp³-hybridized carbons (Fsp3) is 0.385. The van der Waals surface area contributed by atoms with Gasteiger partial charge in [0.15, 0.2) is 0 Å². The zero-order chi connectivity index (χ0) is 15.6. The average molecular weight is 312 g/mol. The lowest BCUT2D eigenvalue weighted by atomic mass is 10.1. The zero-order valence-corrected chi connectivity index (χ0v) is 12.0. The van der Waals surface area contributed by atoms with Gasteiger partial charge in [-0.1, -0.05) is 12.8 Å². The Morgan fingerprint density at radius 3 is 2.29 bits per heavy atom. The van der Waals surface area contributed by atoms with Gasteiger partial charge < -0.3 is 10.4 Å². The summed E-state index contributed by atoms with van der Waals surface area (Å²) in [6.45, 7) is 0. The van der Waals surface area contributed by atoms with E-state index in [1.165, 1.54) is 24.3 Å². The monoisotopic (exact) mass is 312 g/mol. The van der Waals surface area contributed by atoms with Crippen LogP contribution in [0.5, 0.6) is 0 Å². The van der Waals surface area contributed by atoms with Gasteiger partial charge in [-0.3, -0.25) is 4.79 Å². The molecule has 0 aromatic heterocycles. The molecular formula is C13H16N2O5S. The Morgan fingerprint density at radius 2 is 1.86 bits per heavy atom. The molecule has 1 saturated carbocycles. The van der Waals surface area contributed by atoms with Crippen molar-refractivity contribution in [3.8, 4) is 0 Å². The Kier molecular flexibility index (Phi) is 4.29. The van der Waals surface area contributed by atoms with Crippen LogP contribution in [-0.2, 0) is 14.8 Å². The van der Waals surface area contributed by atoms with Crippen LogP contribution in [0.1, 0.15) is 29.6 Å². The lowest BCUT2D eigenvalue weighted by Crippen LogP contribution is -2.41. The summed E-state index contributed by atoms with van der Waals surface area (Å²) in [5.41, 5.74) is 0.185. The van der Waals surface area contributed by atoms with E-state index in [4.69, 9.17) is 10.2 Å². The smallest absolute Gasteiger partial charge is 0.326 e. The highest BCUT2D eigenvalue weighted by Gasteiger charge is 2.30. The van der Waals surface area contributed by atoms with Gasteiger partial charge in [0.25, 0.3) is 5.91 Å². The summed E-state index contributed by atoms with van der Waals surface area (Å²) >= 11 is 0. The highest BCUT2D eigenvalue weighted by Crippen LogP contribution is 2.33. The molecule has 114 valence electrons. The van der Waals surface area contributed by atoms with Gasteiger partial charge in [0.2, 0.25) is 10.0 Å². The van der Waals surface area contributed by atoms with Gasteiger partial charge in [-0.15, -0.1) is 0 Å². The highest BCUT2D eigenvalue weighted by atomic mass is 32.2. The summed E-state index contributed by atoms with van der Waals surface area (Å²) in [5, 5.41) is 16.5. The lowest BCUT2D eigenvalue weighted by Gasteiger charge is -2.14. The van der Waals surface area contributed by atoms with Gasteiger partial charge in [-0.25, -0.2) is 18.4 Å². The topological polar surface area (TPSA) is 127 Å². The molecule has 8 heteroatoms. The zero-order valence-electron chi connectivity index (χ0n) is 11.2. The van der Waals surface area contributed by atoms with Crippen molar-refractivity contribution in [1.82, 2.24) is 5.32 Å². The number of hydrogen-bond donors (Lipinski definition) is 3. The lowest BCUT2D eigenvalue weighted by molar-refractivity contribution is -0.139. The Balaban J connectivity index is 2.06. The van der Waals surface area contributed by atoms with E-state index in [0.717, 1.165) is 12.8 Å². The maximum Gasteiger partial charge on any atom is 0.326 e. The van der Waals surface area contributed by atoms with Gasteiger partial charge in [0.05, 0.1) is 4.90 Å². The fourth-order valence-corrected chi connectivity index (χ4v) is 2.46. The molecule has 1 unspecified atom stereocenters. The molecule has 1 atom stereocenters. The quantitative estimate of drug-likeness (QED) is 0.697. The fourth-order valence-electron chi connectivity index (χ4n) is 1.95. The van der Waals surface area contributed by atoms with Crippen LogP contribution >= 0.6 is 0 Å². The number of aliphatic carboxylic acids is 1. The first-order valence-electron chi connectivity index (χ1n) is 6.44. The van der Waals surface area contributed by atoms with Crippen molar-refractivity contribution in [2.45, 2.75) is 30.2 Å². The summed E-state index contributed by atoms with van der Waals surface area (Å²) in [5.74, 6) is -1.27. The van der Waals surface area contributed by atoms with Gasteiger partial charge >= 0.3 is 5.97 Å². The molecule has 0 spiro atoms. The molecule has 0 heterocycles. The standard InChI is InChI=1S/C13H16N2O5S/c14-21(19,20)10-5-3-9(4-6-10)12(16)15-11(13(17)18)7-8-1-2-8/h3-6,8,11H,1-2,7H2,(H,15,16)(H,17,18)(H2,14,19,20). The van der Waals surface area contributed by atoms with Crippen LogP contribution in [0, 0.1) is 5.92 Å². The van der Waals surface area contributed by atoms with E-state index in [2.05, 4.69) is 5.32 Å². The molecule has 1 aromatic rings. The highest BCUT2D eigenvalue weighted by molar-refractivity contribution is 7.89. The number of sulfonamides is 1. The summed E-state index contributed by atoms with van der Waals surface area (Å²) in [7, 11) is -3.82. The minimum Gasteiger partial charge on any atom is -0.480 e. The minimum atomic E-state index is -3.82. The number of carbonyl (C=O) groups is 2. The largest absolute Gasteiger partial charge is 0.480 e. The van der Waals surface area contributed by atoms with Crippen molar-refractivity contribution in [2.75, 3.05) is 0 Å². The number of benzene rings is 1. The van der Waals surface area contributed by atoms with Crippen LogP contribution in [-0.4, -0.2) is 31.4 Å². The maximum atomic E-state index is 12.0. The minimum absolute atomic E-state index is 0.105. The molecule has 1 aliphatic rings. The second-order valence-electron chi connectivity index (χ2n) is 5.11. The first kappa shape index (κ1) is 15.5. The van der Waals surface area contributed by atoms with E-state index in [1.807, 2.05) is 0 Å². The number of carbonyl (C=O) groups excluding carboxylic acids is 1. The Morgan fingerprint density at radius 1 is 1.29 bits per heavy atom. The molecule has 1 aromatic carbocycles. The predicted molar refractivity (Wildman–Crippen MR) is 74.0 cm³/mol. The van der Waals surface area contributed by atoms with Gasteiger partial charge in [-0.05, 0) is 36.6 Å². The third kappa shape index (κ3) is 4.27. The van der Waals surface area contributed by atoms with Crippen molar-refractivity contribution in [3.63, 3.8) is 0 Å². The van der Waals surface area contributed by atoms with E-state index in [9.17, 15) is 18.0 Å². The predicted octanol–water partition coefficient (Wildman–Crippen LogP) is 0.317. The van der Waals surface area contributed by atoms with Gasteiger partial charge in [-0.2, -0.15) is 0 Å². The number of primary sulfonamides is 1. The Hall–Kier alpha value is -1.93. The van der Waals surface area contributed by atoms with Crippen LogP contribution < -0.4 is 10.5 Å². The van der Waals surface area contributed by atoms with Crippen molar-refractivity contribution in [2.24, 2.45) is 11.1 Å². The Bertz CT molecular complexity index is 650. The van der Waals surface area contributed by atoms with Crippen molar-refractivity contribution in [3.05, 3.63) is 29.8 Å². The van der Waals surface area contributed by atoms with Crippen LogP contribution in [0.4, 0.5) is 0 Å². The first-order valence-corrected chi connectivity index (χ1v) is 7.98. The third-order valence-corrected chi connectivity index (χ3v) is 4.24. The normalized spacial score (nSPS) is 16.2. The molecule has 0 aliphatic heterocycles. The van der Waals surface area contributed by atoms with Crippen LogP contribution in [0.2, 0.25) is 0 Å². The number of nitrogens with one attached hydrogen (secondary N) is 1. The van der Waals surface area contributed by atoms with Gasteiger partial charge in [0, 0.05) is 5.56 Å². The van der Waals surface area contributed by atoms with Gasteiger partial charge in [0.1, 0.15) is 6.04 Å². The second kappa shape index (κ2) is 5.82. The molecule has 1 amide bonds. The molecule has 0 bridgehead atoms.